The Morgan fingerprint density at radius 2 is 2.20 bits per heavy atom. The first-order valence-corrected chi connectivity index (χ1v) is 0.847. The quantitative estimate of drug-likeness (QED) is 0.370. The van der Waals surface area contributed by atoms with Crippen molar-refractivity contribution >= 4 is 6.09 Å². The summed E-state index contributed by atoms with van der Waals surface area (Å²) in [5.74, 6) is 0. The van der Waals surface area contributed by atoms with Gasteiger partial charge in [-0.05, 0) is 0 Å². The molecule has 0 radical (unpaired) electrons. The lowest BCUT2D eigenvalue weighted by molar-refractivity contribution is -0.256. The highest BCUT2D eigenvalue weighted by molar-refractivity contribution is 5.59. The maximum absolute atomic E-state index is 10.2. The summed E-state index contributed by atoms with van der Waals surface area (Å²) in [5.41, 5.74) is 0.333. The van der Waals surface area contributed by atoms with Crippen LogP contribution in [0.4, 0.5) is 9.28 Å². The van der Waals surface area contributed by atoms with E-state index in [1.54, 1.807) is 0 Å². The summed E-state index contributed by atoms with van der Waals surface area (Å²) >= 11 is 0. The Morgan fingerprint density at radius 1 is 2.00 bits per heavy atom. The van der Waals surface area contributed by atoms with Crippen LogP contribution in [0, 0.1) is 0 Å². The van der Waals surface area contributed by atoms with Crippen LogP contribution in [-0.2, 0) is 0 Å². The zero-order chi connectivity index (χ0) is 4.28. The molecule has 0 aromatic carbocycles. The number of halogens is 1. The van der Waals surface area contributed by atoms with Crippen LogP contribution in [-0.4, -0.2) is 6.09 Å². The van der Waals surface area contributed by atoms with Gasteiger partial charge in [0.15, 0.2) is 6.09 Å². The fourth-order valence-corrected chi connectivity index (χ4v) is 0. The predicted molar refractivity (Wildman–Crippen MR) is 9.64 cm³/mol. The first kappa shape index (κ1) is 4.20. The maximum atomic E-state index is 10.2. The first-order valence-electron chi connectivity index (χ1n) is 0.847. The molecule has 0 aliphatic rings. The molecule has 30 valence electrons. The van der Waals surface area contributed by atoms with Crippen molar-refractivity contribution in [3.63, 3.8) is 0 Å². The normalized spacial score (nSPS) is 6.60. The lowest BCUT2D eigenvalue weighted by atomic mass is 11.3. The number of carbonyl (C=O) groups excluding carboxylic acids is 1. The molecule has 0 heterocycles. The van der Waals surface area contributed by atoms with E-state index in [4.69, 9.17) is 9.90 Å². The average molecular weight is 78.0 g/mol. The number of hydrogen-bond acceptors (Lipinski definition) is 2. The summed E-state index contributed by atoms with van der Waals surface area (Å²) in [6, 6.07) is 0. The molecular weight excluding hydrogens is 77.0 g/mol. The zero-order valence-corrected chi connectivity index (χ0v) is 2.19. The van der Waals surface area contributed by atoms with Gasteiger partial charge < -0.3 is 9.90 Å². The average Bonchev–Trinajstić information content (AvgIpc) is 1.38. The van der Waals surface area contributed by atoms with Gasteiger partial charge in [0.05, 0.1) is 0 Å². The van der Waals surface area contributed by atoms with E-state index in [9.17, 15) is 4.48 Å². The van der Waals surface area contributed by atoms with E-state index in [0.717, 1.165) is 0 Å². The first-order chi connectivity index (χ1) is 2.27. The second-order valence-electron chi connectivity index (χ2n) is 0.382. The number of carbonyl (C=O) groups is 1. The van der Waals surface area contributed by atoms with Crippen molar-refractivity contribution in [3.05, 3.63) is 0 Å². The van der Waals surface area contributed by atoms with Gasteiger partial charge in [-0.15, -0.1) is 4.48 Å². The summed E-state index contributed by atoms with van der Waals surface area (Å²) in [7, 11) is 0. The molecule has 1 N–H and O–H groups in total. The van der Waals surface area contributed by atoms with Gasteiger partial charge in [-0.2, -0.15) is 0 Å². The molecule has 4 heteroatoms. The third kappa shape index (κ3) is 3.20. The predicted octanol–water partition coefficient (Wildman–Crippen LogP) is -1.20. The lowest BCUT2D eigenvalue weighted by Crippen LogP contribution is -2.30. The molecule has 1 amide bonds. The van der Waals surface area contributed by atoms with E-state index >= 15 is 0 Å². The topological polar surface area (TPSA) is 52.2 Å². The standard InChI is InChI=1S/CH2FNO2/c2-3-1(4)5/h3H,(H,4,5)/p-1. The van der Waals surface area contributed by atoms with Gasteiger partial charge in [0.1, 0.15) is 0 Å². The van der Waals surface area contributed by atoms with Crippen molar-refractivity contribution in [1.82, 2.24) is 5.54 Å². The third-order valence-corrected chi connectivity index (χ3v) is 0.0772. The van der Waals surface area contributed by atoms with E-state index in [1.165, 1.54) is 0 Å². The number of rotatable bonds is 0. The second kappa shape index (κ2) is 1.51. The van der Waals surface area contributed by atoms with Crippen LogP contribution in [0.15, 0.2) is 0 Å². The van der Waals surface area contributed by atoms with Gasteiger partial charge in [0.25, 0.3) is 0 Å². The molecule has 0 aromatic heterocycles. The van der Waals surface area contributed by atoms with E-state index in [2.05, 4.69) is 0 Å². The molecule has 0 rings (SSSR count). The number of carboxylic acid groups (broad SMARTS) is 1. The van der Waals surface area contributed by atoms with Crippen molar-refractivity contribution < 1.29 is 14.4 Å². The fraction of sp³-hybridized carbons (Fsp3) is 0. The molecule has 0 aliphatic heterocycles. The highest BCUT2D eigenvalue weighted by atomic mass is 19.2. The molecule has 3 nitrogen and oxygen atoms in total. The van der Waals surface area contributed by atoms with Gasteiger partial charge in [0, 0.05) is 0 Å². The zero-order valence-electron chi connectivity index (χ0n) is 2.19. The summed E-state index contributed by atoms with van der Waals surface area (Å²) in [6.45, 7) is 0. The molecule has 0 spiro atoms. The number of nitrogens with one attached hydrogen (secondary N) is 1. The van der Waals surface area contributed by atoms with Crippen LogP contribution >= 0.6 is 0 Å². The molecule has 0 aromatic rings. The maximum Gasteiger partial charge on any atom is 0.164 e. The molecule has 0 saturated carbocycles. The van der Waals surface area contributed by atoms with Crippen LogP contribution in [0.5, 0.6) is 0 Å². The van der Waals surface area contributed by atoms with Crippen LogP contribution in [0.2, 0.25) is 0 Å². The van der Waals surface area contributed by atoms with Crippen molar-refractivity contribution in [2.45, 2.75) is 0 Å². The van der Waals surface area contributed by atoms with E-state index < -0.39 is 6.09 Å². The number of amides is 1. The van der Waals surface area contributed by atoms with Crippen LogP contribution < -0.4 is 10.6 Å². The number of hydrogen-bond donors (Lipinski definition) is 1. The third-order valence-electron chi connectivity index (χ3n) is 0.0772. The van der Waals surface area contributed by atoms with Crippen LogP contribution in [0.3, 0.4) is 0 Å². The largest absolute Gasteiger partial charge is 0.528 e. The molecule has 0 aliphatic carbocycles. The molecule has 0 unspecified atom stereocenters. The van der Waals surface area contributed by atoms with Crippen molar-refractivity contribution in [2.24, 2.45) is 0 Å². The van der Waals surface area contributed by atoms with E-state index in [0.29, 0.717) is 5.54 Å². The summed E-state index contributed by atoms with van der Waals surface area (Å²) < 4.78 is 10.2. The molecule has 0 saturated heterocycles. The highest BCUT2D eigenvalue weighted by Crippen LogP contribution is 1.45. The highest BCUT2D eigenvalue weighted by Gasteiger charge is 1.64. The summed E-state index contributed by atoms with van der Waals surface area (Å²) in [5, 5.41) is 8.77. The Kier molecular flexibility index (Phi) is 1.27. The van der Waals surface area contributed by atoms with Crippen LogP contribution in [0.25, 0.3) is 0 Å². The van der Waals surface area contributed by atoms with Gasteiger partial charge >= 0.3 is 0 Å². The van der Waals surface area contributed by atoms with Gasteiger partial charge in [-0.1, -0.05) is 0 Å². The molecule has 0 atom stereocenters. The van der Waals surface area contributed by atoms with Crippen molar-refractivity contribution in [1.29, 1.82) is 0 Å². The van der Waals surface area contributed by atoms with Gasteiger partial charge in [-0.25, -0.2) is 5.54 Å². The summed E-state index contributed by atoms with van der Waals surface area (Å²) in [6.07, 6.45) is -1.91. The van der Waals surface area contributed by atoms with Crippen LogP contribution in [0.1, 0.15) is 0 Å². The fourth-order valence-electron chi connectivity index (χ4n) is 0. The Balaban J connectivity index is 2.85. The van der Waals surface area contributed by atoms with Gasteiger partial charge in [-0.3, -0.25) is 0 Å². The van der Waals surface area contributed by atoms with E-state index in [1.807, 2.05) is 0 Å². The monoisotopic (exact) mass is 78.0 g/mol. The van der Waals surface area contributed by atoms with Crippen molar-refractivity contribution in [3.8, 4) is 0 Å². The van der Waals surface area contributed by atoms with Crippen molar-refractivity contribution in [2.75, 3.05) is 0 Å². The second-order valence-corrected chi connectivity index (χ2v) is 0.382. The molecular formula is CHFNO2-. The SMILES string of the molecule is O=C([O-])NF. The minimum Gasteiger partial charge on any atom is -0.528 e. The Labute approximate surface area is 27.3 Å². The minimum absolute atomic E-state index is 0.333. The Morgan fingerprint density at radius 3 is 2.20 bits per heavy atom. The Bertz CT molecular complexity index is 44.9. The molecule has 0 bridgehead atoms. The smallest absolute Gasteiger partial charge is 0.164 e. The minimum atomic E-state index is -1.91. The summed E-state index contributed by atoms with van der Waals surface area (Å²) in [4.78, 5) is 8.77. The molecule has 0 fully saturated rings. The van der Waals surface area contributed by atoms with E-state index in [-0.39, 0.29) is 0 Å². The molecule has 5 heavy (non-hydrogen) atoms. The van der Waals surface area contributed by atoms with Gasteiger partial charge in [0.2, 0.25) is 0 Å². The lowest BCUT2D eigenvalue weighted by Gasteiger charge is -1.87. The Hall–Kier alpha value is -0.800.